The number of hydrogen-bond acceptors (Lipinski definition) is 8. The zero-order valence-corrected chi connectivity index (χ0v) is 22.2. The Balaban J connectivity index is 1.86. The maximum absolute atomic E-state index is 13.5. The average Bonchev–Trinajstić information content (AvgIpc) is 3.53. The molecule has 2 rings (SSSR count). The molecule has 2 heterocycles. The topological polar surface area (TPSA) is 208 Å². The highest BCUT2D eigenvalue weighted by atomic mass is 19.3. The number of aliphatic carboxylic acids is 1. The number of nitrogens with two attached hydrogens (primary N) is 1. The lowest BCUT2D eigenvalue weighted by atomic mass is 10.1. The number of carbonyl (C=O) groups excluding carboxylic acids is 4. The van der Waals surface area contributed by atoms with Crippen molar-refractivity contribution in [1.82, 2.24) is 20.9 Å². The molecule has 41 heavy (non-hydrogen) atoms. The lowest BCUT2D eigenvalue weighted by Gasteiger charge is -2.20. The Morgan fingerprint density at radius 1 is 1.22 bits per heavy atom. The van der Waals surface area contributed by atoms with Gasteiger partial charge in [-0.3, -0.25) is 19.2 Å². The van der Waals surface area contributed by atoms with Gasteiger partial charge in [-0.05, 0) is 31.9 Å². The van der Waals surface area contributed by atoms with Crippen LogP contribution in [-0.4, -0.2) is 76.7 Å². The Morgan fingerprint density at radius 3 is 2.59 bits per heavy atom. The number of carboxylic acids is 1. The Hall–Kier alpha value is -4.50. The molecule has 1 aromatic heterocycles. The van der Waals surface area contributed by atoms with Gasteiger partial charge in [-0.1, -0.05) is 0 Å². The number of unbranched alkanes of at least 4 members (excludes halogenated alkanes) is 1. The van der Waals surface area contributed by atoms with Crippen LogP contribution in [0, 0.1) is 23.7 Å². The molecule has 0 aliphatic carbocycles. The monoisotopic (exact) mass is 578 g/mol. The molecule has 222 valence electrons. The van der Waals surface area contributed by atoms with E-state index in [0.29, 0.717) is 19.4 Å². The number of amides is 4. The SMILES string of the molecule is C#CC[C@H](NC(=O)c1coc(CNC(=O)CCC(=O)N2CC(F)(F)C[C@H]2C#N)c1)C(=O)N[C@@H](CCCCN)C(=O)O. The lowest BCUT2D eigenvalue weighted by Crippen LogP contribution is -2.51. The molecule has 0 saturated carbocycles. The molecule has 4 amide bonds. The zero-order valence-electron chi connectivity index (χ0n) is 22.2. The van der Waals surface area contributed by atoms with Crippen molar-refractivity contribution in [3.05, 3.63) is 23.7 Å². The minimum Gasteiger partial charge on any atom is -0.480 e. The highest BCUT2D eigenvalue weighted by Crippen LogP contribution is 2.32. The highest BCUT2D eigenvalue weighted by Gasteiger charge is 2.47. The van der Waals surface area contributed by atoms with Crippen LogP contribution in [0.1, 0.15) is 61.1 Å². The van der Waals surface area contributed by atoms with E-state index in [4.69, 9.17) is 21.8 Å². The molecule has 3 atom stereocenters. The van der Waals surface area contributed by atoms with Gasteiger partial charge in [0.1, 0.15) is 30.1 Å². The Labute approximate surface area is 234 Å². The van der Waals surface area contributed by atoms with Gasteiger partial charge in [0.2, 0.25) is 17.7 Å². The van der Waals surface area contributed by atoms with Gasteiger partial charge in [-0.15, -0.1) is 12.3 Å². The third-order valence-electron chi connectivity index (χ3n) is 6.19. The maximum Gasteiger partial charge on any atom is 0.326 e. The zero-order chi connectivity index (χ0) is 30.6. The summed E-state index contributed by atoms with van der Waals surface area (Å²) in [5.74, 6) is -4.83. The van der Waals surface area contributed by atoms with Gasteiger partial charge in [0.25, 0.3) is 11.8 Å². The second-order valence-electron chi connectivity index (χ2n) is 9.42. The van der Waals surface area contributed by atoms with Crippen molar-refractivity contribution in [2.24, 2.45) is 5.73 Å². The van der Waals surface area contributed by atoms with Crippen molar-refractivity contribution in [1.29, 1.82) is 5.26 Å². The summed E-state index contributed by atoms with van der Waals surface area (Å²) in [5.41, 5.74) is 5.41. The first-order valence-corrected chi connectivity index (χ1v) is 12.8. The highest BCUT2D eigenvalue weighted by molar-refractivity contribution is 5.98. The molecule has 0 spiro atoms. The number of carbonyl (C=O) groups is 5. The van der Waals surface area contributed by atoms with E-state index in [1.54, 1.807) is 6.07 Å². The smallest absolute Gasteiger partial charge is 0.326 e. The second kappa shape index (κ2) is 15.3. The number of nitriles is 1. The van der Waals surface area contributed by atoms with E-state index in [0.717, 1.165) is 11.2 Å². The van der Waals surface area contributed by atoms with Crippen molar-refractivity contribution in [2.45, 2.75) is 75.5 Å². The van der Waals surface area contributed by atoms with Crippen molar-refractivity contribution in [3.8, 4) is 18.4 Å². The summed E-state index contributed by atoms with van der Waals surface area (Å²) in [7, 11) is 0. The van der Waals surface area contributed by atoms with Gasteiger partial charge in [0.15, 0.2) is 0 Å². The number of terminal acetylenes is 1. The average molecular weight is 579 g/mol. The van der Waals surface area contributed by atoms with E-state index in [-0.39, 0.29) is 43.6 Å². The first-order valence-electron chi connectivity index (χ1n) is 12.8. The Bertz CT molecular complexity index is 1210. The third-order valence-corrected chi connectivity index (χ3v) is 6.19. The Kier molecular flexibility index (Phi) is 12.2. The van der Waals surface area contributed by atoms with E-state index in [2.05, 4.69) is 21.9 Å². The van der Waals surface area contributed by atoms with Crippen LogP contribution in [0.25, 0.3) is 0 Å². The van der Waals surface area contributed by atoms with Gasteiger partial charge < -0.3 is 36.1 Å². The molecule has 1 aliphatic rings. The molecule has 15 heteroatoms. The fraction of sp³-hybridized carbons (Fsp3) is 0.538. The van der Waals surface area contributed by atoms with Gasteiger partial charge in [-0.2, -0.15) is 5.26 Å². The van der Waals surface area contributed by atoms with Crippen molar-refractivity contribution < 1.29 is 42.3 Å². The summed E-state index contributed by atoms with van der Waals surface area (Å²) in [6, 6.07) is -0.705. The van der Waals surface area contributed by atoms with E-state index in [9.17, 15) is 37.9 Å². The molecule has 1 saturated heterocycles. The maximum atomic E-state index is 13.5. The molecule has 13 nitrogen and oxygen atoms in total. The van der Waals surface area contributed by atoms with Crippen molar-refractivity contribution >= 4 is 29.6 Å². The second-order valence-corrected chi connectivity index (χ2v) is 9.42. The van der Waals surface area contributed by atoms with Crippen LogP contribution in [0.15, 0.2) is 16.7 Å². The van der Waals surface area contributed by atoms with E-state index in [1.807, 2.05) is 0 Å². The minimum absolute atomic E-state index is 0.00511. The van der Waals surface area contributed by atoms with Crippen LogP contribution in [0.5, 0.6) is 0 Å². The first-order chi connectivity index (χ1) is 19.4. The third kappa shape index (κ3) is 10.2. The number of nitrogens with zero attached hydrogens (tertiary/aromatic N) is 2. The largest absolute Gasteiger partial charge is 0.480 e. The van der Waals surface area contributed by atoms with Gasteiger partial charge in [0.05, 0.1) is 24.7 Å². The summed E-state index contributed by atoms with van der Waals surface area (Å²) in [6.45, 7) is -0.666. The summed E-state index contributed by atoms with van der Waals surface area (Å²) >= 11 is 0. The van der Waals surface area contributed by atoms with Crippen molar-refractivity contribution in [2.75, 3.05) is 13.1 Å². The molecule has 1 aliphatic heterocycles. The normalized spacial score (nSPS) is 17.0. The number of carboxylic acid groups (broad SMARTS) is 1. The van der Waals surface area contributed by atoms with Crippen LogP contribution < -0.4 is 21.7 Å². The number of nitrogens with one attached hydrogen (secondary N) is 3. The number of alkyl halides is 2. The molecule has 0 bridgehead atoms. The molecule has 1 fully saturated rings. The predicted octanol–water partition coefficient (Wildman–Crippen LogP) is 0.256. The molecule has 0 aromatic carbocycles. The molecular weight excluding hydrogens is 546 g/mol. The van der Waals surface area contributed by atoms with E-state index < -0.39 is 66.6 Å². The number of halogens is 2. The molecule has 6 N–H and O–H groups in total. The quantitative estimate of drug-likeness (QED) is 0.143. The summed E-state index contributed by atoms with van der Waals surface area (Å²) in [5, 5.41) is 25.6. The van der Waals surface area contributed by atoms with E-state index in [1.165, 1.54) is 6.07 Å². The van der Waals surface area contributed by atoms with Crippen LogP contribution >= 0.6 is 0 Å². The fourth-order valence-electron chi connectivity index (χ4n) is 4.02. The number of hydrogen-bond donors (Lipinski definition) is 5. The Morgan fingerprint density at radius 2 is 1.95 bits per heavy atom. The number of rotatable bonds is 15. The standard InChI is InChI=1S/C26H32F2N6O7/c1-2-5-19(24(38)33-20(25(39)40)6-3-4-9-29)32-23(37)16-10-18(41-14-16)13-31-21(35)7-8-22(36)34-15-26(27,28)11-17(34)12-30/h1,10,14,17,19-20H,3-9,11,13,15,29H2,(H,31,35)(H,32,37)(H,33,38)(H,39,40)/t17-,19-,20-/m0/s1. The summed E-state index contributed by atoms with van der Waals surface area (Å²) < 4.78 is 32.3. The predicted molar refractivity (Wildman–Crippen MR) is 138 cm³/mol. The van der Waals surface area contributed by atoms with Gasteiger partial charge in [-0.25, -0.2) is 13.6 Å². The van der Waals surface area contributed by atoms with Gasteiger partial charge >= 0.3 is 5.97 Å². The van der Waals surface area contributed by atoms with Crippen LogP contribution in [-0.2, 0) is 25.7 Å². The summed E-state index contributed by atoms with van der Waals surface area (Å²) in [6.07, 6.45) is 5.93. The van der Waals surface area contributed by atoms with Crippen LogP contribution in [0.2, 0.25) is 0 Å². The minimum atomic E-state index is -3.16. The number of likely N-dealkylation sites (tertiary alicyclic amines) is 1. The molecule has 0 unspecified atom stereocenters. The van der Waals surface area contributed by atoms with Crippen LogP contribution in [0.3, 0.4) is 0 Å². The van der Waals surface area contributed by atoms with Crippen LogP contribution in [0.4, 0.5) is 8.78 Å². The molecule has 1 aromatic rings. The molecular formula is C26H32F2N6O7. The lowest BCUT2D eigenvalue weighted by molar-refractivity contribution is -0.142. The van der Waals surface area contributed by atoms with Crippen molar-refractivity contribution in [3.63, 3.8) is 0 Å². The fourth-order valence-corrected chi connectivity index (χ4v) is 4.02. The van der Waals surface area contributed by atoms with Gasteiger partial charge in [0, 0.05) is 25.7 Å². The molecule has 0 radical (unpaired) electrons. The first kappa shape index (κ1) is 32.7. The summed E-state index contributed by atoms with van der Waals surface area (Å²) in [4.78, 5) is 61.9. The number of furan rings is 1. The van der Waals surface area contributed by atoms with E-state index >= 15 is 0 Å².